The third-order valence-electron chi connectivity index (χ3n) is 2.63. The third kappa shape index (κ3) is 7.33. The van der Waals surface area contributed by atoms with Gasteiger partial charge in [0, 0.05) is 11.9 Å². The van der Waals surface area contributed by atoms with Crippen LogP contribution < -0.4 is 10.2 Å². The van der Waals surface area contributed by atoms with Gasteiger partial charge in [0.2, 0.25) is 0 Å². The summed E-state index contributed by atoms with van der Waals surface area (Å²) in [7, 11) is 0. The van der Waals surface area contributed by atoms with Crippen LogP contribution in [-0.2, 0) is 9.59 Å². The summed E-state index contributed by atoms with van der Waals surface area (Å²) in [5.74, 6) is -2.73. The smallest absolute Gasteiger partial charge is 0.550 e. The molecule has 0 spiro atoms. The Kier molecular flexibility index (Phi) is 11.1. The fraction of sp³-hybridized carbons (Fsp3) is 0.800. The number of hydrogen-bond donors (Lipinski definition) is 6. The van der Waals surface area contributed by atoms with Gasteiger partial charge in [-0.3, -0.25) is 0 Å². The van der Waals surface area contributed by atoms with Gasteiger partial charge in [-0.05, 0) is 12.8 Å². The number of carboxylic acid groups (broad SMARTS) is 2. The molecule has 10 nitrogen and oxygen atoms in total. The van der Waals surface area contributed by atoms with Gasteiger partial charge < -0.3 is 50.4 Å². The topological polar surface area (TPSA) is 202 Å². The van der Waals surface area contributed by atoms with Crippen LogP contribution in [0.15, 0.2) is 0 Å². The molecule has 11 heteroatoms. The van der Waals surface area contributed by atoms with E-state index in [0.717, 1.165) is 0 Å². The maximum atomic E-state index is 9.50. The zero-order valence-corrected chi connectivity index (χ0v) is 12.3. The standard InChI is InChI=1S/C6H12O6.C4H6O4.Mg/c7-1-2(8)4(10)6(12)5(11)3(1)9;5-3(6)1-2-4(7)8;/h1-12H;1-2H2,(H,5,6)(H,7,8);/q;;+2/p-2. The molecule has 1 saturated carbocycles. The number of hydrogen-bond acceptors (Lipinski definition) is 10. The second-order valence-electron chi connectivity index (χ2n) is 4.19. The molecule has 0 aliphatic heterocycles. The molecule has 0 heterocycles. The molecule has 0 unspecified atom stereocenters. The van der Waals surface area contributed by atoms with E-state index >= 15 is 0 Å². The summed E-state index contributed by atoms with van der Waals surface area (Å²) in [6.45, 7) is 0. The van der Waals surface area contributed by atoms with Crippen LogP contribution in [0.1, 0.15) is 12.8 Å². The van der Waals surface area contributed by atoms with E-state index in [1.54, 1.807) is 0 Å². The molecular weight excluding hydrogens is 304 g/mol. The Labute approximate surface area is 135 Å². The number of rotatable bonds is 3. The van der Waals surface area contributed by atoms with Crippen LogP contribution in [0.2, 0.25) is 0 Å². The van der Waals surface area contributed by atoms with Gasteiger partial charge >= 0.3 is 23.1 Å². The van der Waals surface area contributed by atoms with Crippen molar-refractivity contribution >= 4 is 35.0 Å². The molecular formula is C10H16MgO10. The van der Waals surface area contributed by atoms with E-state index in [4.69, 9.17) is 30.6 Å². The van der Waals surface area contributed by atoms with Crippen LogP contribution in [0, 0.1) is 0 Å². The normalized spacial score (nSPS) is 35.0. The first-order chi connectivity index (χ1) is 9.09. The molecule has 1 aliphatic rings. The van der Waals surface area contributed by atoms with Crippen molar-refractivity contribution in [1.82, 2.24) is 0 Å². The number of aliphatic carboxylic acids is 2. The summed E-state index contributed by atoms with van der Waals surface area (Å²) in [5, 5.41) is 72.8. The second-order valence-corrected chi connectivity index (χ2v) is 4.19. The van der Waals surface area contributed by atoms with Gasteiger partial charge in [0.1, 0.15) is 36.6 Å². The monoisotopic (exact) mass is 320 g/mol. The van der Waals surface area contributed by atoms with Crippen molar-refractivity contribution in [2.75, 3.05) is 0 Å². The SMILES string of the molecule is O=C([O-])CCC(=O)[O-].OC1C(O)C(O)C(O)C(O)C1O.[Mg+2]. The van der Waals surface area contributed by atoms with Crippen molar-refractivity contribution in [2.24, 2.45) is 0 Å². The van der Waals surface area contributed by atoms with E-state index in [9.17, 15) is 19.8 Å². The predicted molar refractivity (Wildman–Crippen MR) is 61.0 cm³/mol. The number of aliphatic hydroxyl groups is 6. The zero-order chi connectivity index (χ0) is 16.0. The summed E-state index contributed by atoms with van der Waals surface area (Å²) >= 11 is 0. The number of aliphatic hydroxyl groups excluding tert-OH is 6. The summed E-state index contributed by atoms with van der Waals surface area (Å²) in [6, 6.07) is 0. The van der Waals surface area contributed by atoms with Crippen LogP contribution in [0.5, 0.6) is 0 Å². The first-order valence-electron chi connectivity index (χ1n) is 5.57. The summed E-state index contributed by atoms with van der Waals surface area (Å²) in [6.07, 6.45) is -10.8. The van der Waals surface area contributed by atoms with Crippen molar-refractivity contribution < 1.29 is 50.4 Å². The molecule has 0 aromatic carbocycles. The van der Waals surface area contributed by atoms with Gasteiger partial charge in [0.15, 0.2) is 0 Å². The fourth-order valence-electron chi connectivity index (χ4n) is 1.42. The van der Waals surface area contributed by atoms with Gasteiger partial charge in [-0.15, -0.1) is 0 Å². The van der Waals surface area contributed by atoms with Crippen LogP contribution in [0.3, 0.4) is 0 Å². The predicted octanol–water partition coefficient (Wildman–Crippen LogP) is -6.95. The van der Waals surface area contributed by atoms with Crippen molar-refractivity contribution in [3.63, 3.8) is 0 Å². The minimum Gasteiger partial charge on any atom is -0.550 e. The van der Waals surface area contributed by atoms with Crippen LogP contribution in [0.4, 0.5) is 0 Å². The van der Waals surface area contributed by atoms with Crippen LogP contribution in [0.25, 0.3) is 0 Å². The average Bonchev–Trinajstić information content (AvgIpc) is 2.39. The van der Waals surface area contributed by atoms with E-state index in [1.165, 1.54) is 0 Å². The molecule has 0 amide bonds. The van der Waals surface area contributed by atoms with Gasteiger partial charge in [0.05, 0.1) is 0 Å². The molecule has 0 atom stereocenters. The fourth-order valence-corrected chi connectivity index (χ4v) is 1.42. The van der Waals surface area contributed by atoms with Crippen LogP contribution >= 0.6 is 0 Å². The van der Waals surface area contributed by atoms with Crippen molar-refractivity contribution in [3.8, 4) is 0 Å². The van der Waals surface area contributed by atoms with Crippen molar-refractivity contribution in [1.29, 1.82) is 0 Å². The van der Waals surface area contributed by atoms with E-state index in [0.29, 0.717) is 0 Å². The van der Waals surface area contributed by atoms with Gasteiger partial charge in [0.25, 0.3) is 0 Å². The van der Waals surface area contributed by atoms with Crippen molar-refractivity contribution in [3.05, 3.63) is 0 Å². The molecule has 0 bridgehead atoms. The maximum absolute atomic E-state index is 9.50. The van der Waals surface area contributed by atoms with Crippen molar-refractivity contribution in [2.45, 2.75) is 49.5 Å². The maximum Gasteiger partial charge on any atom is 2.00 e. The molecule has 1 fully saturated rings. The zero-order valence-electron chi connectivity index (χ0n) is 10.9. The first-order valence-corrected chi connectivity index (χ1v) is 5.57. The molecule has 6 N–H and O–H groups in total. The Hall–Kier alpha value is -0.534. The van der Waals surface area contributed by atoms with E-state index < -0.39 is 61.4 Å². The molecule has 0 aromatic rings. The average molecular weight is 321 g/mol. The number of carbonyl (C=O) groups is 2. The minimum atomic E-state index is -1.64. The van der Waals surface area contributed by atoms with E-state index in [-0.39, 0.29) is 23.1 Å². The largest absolute Gasteiger partial charge is 2.00 e. The Bertz CT molecular complexity index is 265. The summed E-state index contributed by atoms with van der Waals surface area (Å²) < 4.78 is 0. The molecule has 21 heavy (non-hydrogen) atoms. The second kappa shape index (κ2) is 10.2. The quantitative estimate of drug-likeness (QED) is 0.271. The Morgan fingerprint density at radius 2 is 0.762 bits per heavy atom. The van der Waals surface area contributed by atoms with Gasteiger partial charge in [-0.25, -0.2) is 0 Å². The first kappa shape index (κ1) is 22.7. The molecule has 0 saturated heterocycles. The van der Waals surface area contributed by atoms with E-state index in [1.807, 2.05) is 0 Å². The number of carboxylic acids is 2. The van der Waals surface area contributed by atoms with Gasteiger partial charge in [-0.2, -0.15) is 0 Å². The van der Waals surface area contributed by atoms with E-state index in [2.05, 4.69) is 0 Å². The molecule has 0 radical (unpaired) electrons. The summed E-state index contributed by atoms with van der Waals surface area (Å²) in [4.78, 5) is 19.0. The number of carbonyl (C=O) groups excluding carboxylic acids is 2. The Morgan fingerprint density at radius 3 is 0.857 bits per heavy atom. The third-order valence-corrected chi connectivity index (χ3v) is 2.63. The summed E-state index contributed by atoms with van der Waals surface area (Å²) in [5.41, 5.74) is 0. The minimum absolute atomic E-state index is 0. The van der Waals surface area contributed by atoms with Gasteiger partial charge in [-0.1, -0.05) is 0 Å². The molecule has 0 aromatic heterocycles. The molecule has 118 valence electrons. The Balaban J connectivity index is 0. The Morgan fingerprint density at radius 1 is 0.619 bits per heavy atom. The molecule has 1 aliphatic carbocycles. The molecule has 1 rings (SSSR count). The van der Waals surface area contributed by atoms with Crippen LogP contribution in [-0.4, -0.2) is 102 Å².